The van der Waals surface area contributed by atoms with Crippen molar-refractivity contribution in [3.05, 3.63) is 77.2 Å². The molecule has 0 aliphatic carbocycles. The Morgan fingerprint density at radius 1 is 1.06 bits per heavy atom. The van der Waals surface area contributed by atoms with Gasteiger partial charge in [-0.25, -0.2) is 0 Å². The van der Waals surface area contributed by atoms with E-state index in [1.54, 1.807) is 0 Å². The first-order valence-electron chi connectivity index (χ1n) is 10.3. The predicted molar refractivity (Wildman–Crippen MR) is 124 cm³/mol. The summed E-state index contributed by atoms with van der Waals surface area (Å²) in [6.45, 7) is 4.78. The van der Waals surface area contributed by atoms with Crippen LogP contribution in [0.4, 0.5) is 6.01 Å². The number of aromatic nitrogens is 2. The van der Waals surface area contributed by atoms with Crippen LogP contribution in [0, 0.1) is 0 Å². The molecule has 3 aromatic rings. The van der Waals surface area contributed by atoms with Gasteiger partial charge in [0, 0.05) is 31.3 Å². The maximum Gasteiger partial charge on any atom is 0.345 e. The van der Waals surface area contributed by atoms with Crippen LogP contribution in [-0.2, 0) is 4.74 Å². The lowest BCUT2D eigenvalue weighted by Gasteiger charge is -2.28. The molecule has 1 atom stereocenters. The van der Waals surface area contributed by atoms with E-state index in [1.165, 1.54) is 0 Å². The maximum atomic E-state index is 12.8. The minimum atomic E-state index is -0.179. The summed E-state index contributed by atoms with van der Waals surface area (Å²) in [5.74, 6) is 0.915. The fraction of sp³-hybridized carbons (Fsp3) is 0.304. The van der Waals surface area contributed by atoms with Crippen LogP contribution in [0.25, 0.3) is 0 Å². The number of morpholine rings is 1. The zero-order valence-electron chi connectivity index (χ0n) is 18.0. The summed E-state index contributed by atoms with van der Waals surface area (Å²) in [4.78, 5) is 19.3. The van der Waals surface area contributed by atoms with E-state index in [-0.39, 0.29) is 30.1 Å². The Labute approximate surface area is 193 Å². The van der Waals surface area contributed by atoms with Crippen LogP contribution in [0.5, 0.6) is 0 Å². The van der Waals surface area contributed by atoms with Gasteiger partial charge in [0.15, 0.2) is 5.78 Å². The smallest absolute Gasteiger partial charge is 0.345 e. The highest BCUT2D eigenvalue weighted by molar-refractivity contribution is 6.09. The fourth-order valence-electron chi connectivity index (χ4n) is 3.45. The van der Waals surface area contributed by atoms with Gasteiger partial charge in [0.05, 0.1) is 19.1 Å². The first-order chi connectivity index (χ1) is 15.2. The molecule has 2 aromatic carbocycles. The van der Waals surface area contributed by atoms with Gasteiger partial charge in [0.2, 0.25) is 11.9 Å². The second-order valence-corrected chi connectivity index (χ2v) is 7.25. The van der Waals surface area contributed by atoms with Gasteiger partial charge >= 0.3 is 6.01 Å². The SMILES string of the molecule is CN/C(=N\c1nnc(C(C)c2cccc(C(=O)c3ccccc3)c2)o1)N1CCOCC1.Cl. The molecule has 0 bridgehead atoms. The quantitative estimate of drug-likeness (QED) is 0.358. The Bertz CT molecular complexity index is 1060. The van der Waals surface area contributed by atoms with Gasteiger partial charge in [-0.15, -0.1) is 17.5 Å². The van der Waals surface area contributed by atoms with Crippen molar-refractivity contribution in [1.29, 1.82) is 0 Å². The van der Waals surface area contributed by atoms with Crippen molar-refractivity contribution >= 4 is 30.2 Å². The van der Waals surface area contributed by atoms with Gasteiger partial charge in [0.25, 0.3) is 0 Å². The zero-order valence-corrected chi connectivity index (χ0v) is 18.8. The van der Waals surface area contributed by atoms with Gasteiger partial charge in [-0.3, -0.25) is 4.79 Å². The van der Waals surface area contributed by atoms with Crippen molar-refractivity contribution in [1.82, 2.24) is 20.4 Å². The van der Waals surface area contributed by atoms with Crippen molar-refractivity contribution in [3.63, 3.8) is 0 Å². The molecule has 1 unspecified atom stereocenters. The minimum absolute atomic E-state index is 0. The lowest BCUT2D eigenvalue weighted by Crippen LogP contribution is -2.46. The van der Waals surface area contributed by atoms with Crippen LogP contribution in [-0.4, -0.2) is 60.2 Å². The molecule has 1 fully saturated rings. The molecule has 0 spiro atoms. The van der Waals surface area contributed by atoms with Gasteiger partial charge in [-0.05, 0) is 18.6 Å². The van der Waals surface area contributed by atoms with E-state index in [0.717, 1.165) is 18.7 Å². The van der Waals surface area contributed by atoms with Crippen molar-refractivity contribution < 1.29 is 13.9 Å². The normalized spacial score (nSPS) is 15.1. The minimum Gasteiger partial charge on any atom is -0.406 e. The second-order valence-electron chi connectivity index (χ2n) is 7.25. The molecule has 0 amide bonds. The molecular weight excluding hydrogens is 430 g/mol. The Kier molecular flexibility index (Phi) is 7.97. The predicted octanol–water partition coefficient (Wildman–Crippen LogP) is 3.41. The molecule has 8 nitrogen and oxygen atoms in total. The third-order valence-corrected chi connectivity index (χ3v) is 5.22. The Balaban J connectivity index is 0.00000289. The highest BCUT2D eigenvalue weighted by Gasteiger charge is 2.20. The molecule has 0 saturated carbocycles. The van der Waals surface area contributed by atoms with Crippen molar-refractivity contribution in [2.45, 2.75) is 12.8 Å². The number of nitrogens with one attached hydrogen (secondary N) is 1. The molecule has 168 valence electrons. The van der Waals surface area contributed by atoms with E-state index in [2.05, 4.69) is 25.4 Å². The summed E-state index contributed by atoms with van der Waals surface area (Å²) in [7, 11) is 1.81. The monoisotopic (exact) mass is 455 g/mol. The number of guanidine groups is 1. The zero-order chi connectivity index (χ0) is 21.6. The van der Waals surface area contributed by atoms with E-state index in [0.29, 0.717) is 36.2 Å². The maximum absolute atomic E-state index is 12.8. The van der Waals surface area contributed by atoms with E-state index in [4.69, 9.17) is 9.15 Å². The van der Waals surface area contributed by atoms with Crippen molar-refractivity contribution in [3.8, 4) is 0 Å². The number of rotatable bonds is 5. The molecule has 2 heterocycles. The summed E-state index contributed by atoms with van der Waals surface area (Å²) in [5, 5.41) is 11.3. The van der Waals surface area contributed by atoms with Gasteiger partial charge in [-0.1, -0.05) is 53.6 Å². The molecule has 4 rings (SSSR count). The molecule has 0 radical (unpaired) electrons. The summed E-state index contributed by atoms with van der Waals surface area (Å²) >= 11 is 0. The average molecular weight is 456 g/mol. The van der Waals surface area contributed by atoms with E-state index < -0.39 is 0 Å². The van der Waals surface area contributed by atoms with Gasteiger partial charge in [0.1, 0.15) is 0 Å². The van der Waals surface area contributed by atoms with Crippen LogP contribution < -0.4 is 5.32 Å². The van der Waals surface area contributed by atoms with Crippen molar-refractivity contribution in [2.24, 2.45) is 4.99 Å². The number of halogens is 1. The first kappa shape index (κ1) is 23.4. The van der Waals surface area contributed by atoms with E-state index in [1.807, 2.05) is 68.6 Å². The molecular formula is C23H26ClN5O3. The number of carbonyl (C=O) groups excluding carboxylic acids is 1. The number of carbonyl (C=O) groups is 1. The largest absolute Gasteiger partial charge is 0.406 e. The van der Waals surface area contributed by atoms with Crippen LogP contribution >= 0.6 is 12.4 Å². The number of nitrogens with zero attached hydrogens (tertiary/aromatic N) is 4. The summed E-state index contributed by atoms with van der Waals surface area (Å²) in [5.41, 5.74) is 2.20. The van der Waals surface area contributed by atoms with Crippen LogP contribution in [0.2, 0.25) is 0 Å². The fourth-order valence-corrected chi connectivity index (χ4v) is 3.45. The third-order valence-electron chi connectivity index (χ3n) is 5.22. The van der Waals surface area contributed by atoms with Crippen LogP contribution in [0.1, 0.15) is 40.2 Å². The number of benzene rings is 2. The number of ether oxygens (including phenoxy) is 1. The van der Waals surface area contributed by atoms with Gasteiger partial charge < -0.3 is 19.4 Å². The molecule has 1 aliphatic rings. The highest BCUT2D eigenvalue weighted by Crippen LogP contribution is 2.26. The summed E-state index contributed by atoms with van der Waals surface area (Å²) in [6.07, 6.45) is 0. The molecule has 1 saturated heterocycles. The number of hydrogen-bond acceptors (Lipinski definition) is 6. The molecule has 1 aliphatic heterocycles. The lowest BCUT2D eigenvalue weighted by molar-refractivity contribution is 0.0667. The first-order valence-corrected chi connectivity index (χ1v) is 10.3. The van der Waals surface area contributed by atoms with E-state index >= 15 is 0 Å². The van der Waals surface area contributed by atoms with Crippen molar-refractivity contribution in [2.75, 3.05) is 33.4 Å². The topological polar surface area (TPSA) is 92.9 Å². The Morgan fingerprint density at radius 2 is 1.78 bits per heavy atom. The lowest BCUT2D eigenvalue weighted by atomic mass is 9.96. The summed E-state index contributed by atoms with van der Waals surface area (Å²) < 4.78 is 11.2. The van der Waals surface area contributed by atoms with Crippen LogP contribution in [0.3, 0.4) is 0 Å². The molecule has 1 aromatic heterocycles. The molecule has 32 heavy (non-hydrogen) atoms. The molecule has 1 N–H and O–H groups in total. The average Bonchev–Trinajstić information content (AvgIpc) is 3.31. The Hall–Kier alpha value is -3.23. The standard InChI is InChI=1S/C23H25N5O3.ClH/c1-16(18-9-6-10-19(15-18)20(29)17-7-4-3-5-8-17)21-26-27-23(31-21)25-22(24-2)28-11-13-30-14-12-28;/h3-10,15-16H,11-14H2,1-2H3,(H,24,25,27);1H. The second kappa shape index (κ2) is 10.9. The number of ketones is 1. The van der Waals surface area contributed by atoms with Gasteiger partial charge in [-0.2, -0.15) is 4.99 Å². The Morgan fingerprint density at radius 3 is 2.50 bits per heavy atom. The highest BCUT2D eigenvalue weighted by atomic mass is 35.5. The molecule has 9 heteroatoms. The number of aliphatic imine (C=N–C) groups is 1. The third kappa shape index (κ3) is 5.33. The van der Waals surface area contributed by atoms with E-state index in [9.17, 15) is 4.79 Å². The summed E-state index contributed by atoms with van der Waals surface area (Å²) in [6, 6.07) is 16.9. The number of hydrogen-bond donors (Lipinski definition) is 1. The van der Waals surface area contributed by atoms with Crippen LogP contribution in [0.15, 0.2) is 64.0 Å².